The summed E-state index contributed by atoms with van der Waals surface area (Å²) in [6.45, 7) is 2.19. The van der Waals surface area contributed by atoms with E-state index in [1.54, 1.807) is 6.92 Å². The number of benzene rings is 2. The summed E-state index contributed by atoms with van der Waals surface area (Å²) in [6, 6.07) is 12.1. The fourth-order valence-electron chi connectivity index (χ4n) is 2.27. The molecule has 0 aliphatic heterocycles. The summed E-state index contributed by atoms with van der Waals surface area (Å²) in [5.74, 6) is -0.302. The lowest BCUT2D eigenvalue weighted by atomic mass is 10.0. The van der Waals surface area contributed by atoms with E-state index in [0.717, 1.165) is 21.5 Å². The molecule has 1 aromatic heterocycles. The zero-order chi connectivity index (χ0) is 12.5. The Hall–Kier alpha value is -2.29. The molecule has 0 atom stereocenters. The highest BCUT2D eigenvalue weighted by atomic mass is 16.5. The number of fused-ring (bicyclic) bond motifs is 3. The van der Waals surface area contributed by atoms with Gasteiger partial charge in [-0.2, -0.15) is 0 Å². The number of esters is 1. The summed E-state index contributed by atoms with van der Waals surface area (Å²) in [7, 11) is 0. The second-order valence-electron chi connectivity index (χ2n) is 4.14. The van der Waals surface area contributed by atoms with Crippen LogP contribution < -0.4 is 0 Å². The maximum absolute atomic E-state index is 11.9. The monoisotopic (exact) mass is 239 g/mol. The van der Waals surface area contributed by atoms with Crippen molar-refractivity contribution in [3.63, 3.8) is 0 Å². The minimum atomic E-state index is -0.302. The molecule has 0 saturated heterocycles. The fourth-order valence-corrected chi connectivity index (χ4v) is 2.27. The molecule has 3 nitrogen and oxygen atoms in total. The molecule has 0 saturated carbocycles. The largest absolute Gasteiger partial charge is 0.461 e. The first-order chi connectivity index (χ1) is 8.81. The van der Waals surface area contributed by atoms with Gasteiger partial charge >= 0.3 is 5.97 Å². The summed E-state index contributed by atoms with van der Waals surface area (Å²) in [5.41, 5.74) is 0.531. The highest BCUT2D eigenvalue weighted by Gasteiger charge is 2.15. The van der Waals surface area contributed by atoms with Gasteiger partial charge in [-0.3, -0.25) is 0 Å². The minimum absolute atomic E-state index is 0.302. The van der Waals surface area contributed by atoms with Crippen LogP contribution >= 0.6 is 0 Å². The van der Waals surface area contributed by atoms with Gasteiger partial charge in [0.25, 0.3) is 0 Å². The molecule has 2 aromatic carbocycles. The highest BCUT2D eigenvalue weighted by molar-refractivity contribution is 6.16. The van der Waals surface area contributed by atoms with Gasteiger partial charge in [0.2, 0.25) is 0 Å². The molecule has 90 valence electrons. The van der Waals surface area contributed by atoms with E-state index >= 15 is 0 Å². The van der Waals surface area contributed by atoms with Crippen LogP contribution in [0.4, 0.5) is 0 Å². The lowest BCUT2D eigenvalue weighted by molar-refractivity contribution is 0.0522. The van der Waals surface area contributed by atoms with E-state index in [2.05, 4.69) is 11.1 Å². The number of carbonyl (C=O) groups excluding carboxylic acids is 1. The molecule has 3 rings (SSSR count). The molecular formula is C15H13NO2. The number of hydrogen-bond acceptors (Lipinski definition) is 2. The second-order valence-corrected chi connectivity index (χ2v) is 4.14. The smallest absolute Gasteiger partial charge is 0.355 e. The Morgan fingerprint density at radius 2 is 1.94 bits per heavy atom. The van der Waals surface area contributed by atoms with E-state index < -0.39 is 0 Å². The van der Waals surface area contributed by atoms with E-state index in [1.807, 2.05) is 36.5 Å². The second kappa shape index (κ2) is 4.18. The number of hydrogen-bond donors (Lipinski definition) is 1. The molecule has 0 spiro atoms. The third-order valence-corrected chi connectivity index (χ3v) is 3.06. The standard InChI is InChI=1S/C15H13NO2/c1-2-18-15(17)14-13-11(9-16-14)8-7-10-5-3-4-6-12(10)13/h3-9,16H,2H2,1H3. The Bertz CT molecular complexity index is 728. The van der Waals surface area contributed by atoms with Crippen molar-refractivity contribution in [1.82, 2.24) is 4.98 Å². The Kier molecular flexibility index (Phi) is 2.52. The molecule has 18 heavy (non-hydrogen) atoms. The third-order valence-electron chi connectivity index (χ3n) is 3.06. The fraction of sp³-hybridized carbons (Fsp3) is 0.133. The molecule has 0 bridgehead atoms. The summed E-state index contributed by atoms with van der Waals surface area (Å²) in [4.78, 5) is 14.9. The summed E-state index contributed by atoms with van der Waals surface area (Å²) in [6.07, 6.45) is 1.84. The Morgan fingerprint density at radius 1 is 1.17 bits per heavy atom. The number of carbonyl (C=O) groups is 1. The average Bonchev–Trinajstić information content (AvgIpc) is 2.83. The van der Waals surface area contributed by atoms with Crippen LogP contribution in [0.2, 0.25) is 0 Å². The van der Waals surface area contributed by atoms with E-state index in [9.17, 15) is 4.79 Å². The molecule has 0 unspecified atom stereocenters. The van der Waals surface area contributed by atoms with E-state index in [4.69, 9.17) is 4.74 Å². The molecule has 0 aliphatic carbocycles. The van der Waals surface area contributed by atoms with Crippen LogP contribution in [0.3, 0.4) is 0 Å². The van der Waals surface area contributed by atoms with Gasteiger partial charge in [-0.25, -0.2) is 4.79 Å². The number of rotatable bonds is 2. The van der Waals surface area contributed by atoms with Crippen molar-refractivity contribution in [2.45, 2.75) is 6.92 Å². The van der Waals surface area contributed by atoms with Crippen molar-refractivity contribution < 1.29 is 9.53 Å². The van der Waals surface area contributed by atoms with Crippen LogP contribution in [-0.4, -0.2) is 17.6 Å². The topological polar surface area (TPSA) is 42.1 Å². The maximum Gasteiger partial charge on any atom is 0.355 e. The normalized spacial score (nSPS) is 10.9. The van der Waals surface area contributed by atoms with Crippen molar-refractivity contribution in [2.75, 3.05) is 6.61 Å². The summed E-state index contributed by atoms with van der Waals surface area (Å²) in [5, 5.41) is 4.15. The van der Waals surface area contributed by atoms with E-state index in [0.29, 0.717) is 12.3 Å². The van der Waals surface area contributed by atoms with Gasteiger partial charge in [-0.05, 0) is 17.7 Å². The lowest BCUT2D eigenvalue weighted by Gasteiger charge is -2.03. The van der Waals surface area contributed by atoms with Crippen molar-refractivity contribution >= 4 is 27.5 Å². The molecule has 1 heterocycles. The van der Waals surface area contributed by atoms with Crippen molar-refractivity contribution in [3.05, 3.63) is 48.3 Å². The Labute approximate surface area is 104 Å². The third kappa shape index (κ3) is 1.56. The van der Waals surface area contributed by atoms with Gasteiger partial charge in [0.15, 0.2) is 0 Å². The average molecular weight is 239 g/mol. The maximum atomic E-state index is 11.9. The Balaban J connectivity index is 2.33. The predicted octanol–water partition coefficient (Wildman–Crippen LogP) is 3.50. The van der Waals surface area contributed by atoms with E-state index in [-0.39, 0.29) is 5.97 Å². The van der Waals surface area contributed by atoms with Gasteiger partial charge in [0.1, 0.15) is 5.69 Å². The van der Waals surface area contributed by atoms with Crippen LogP contribution in [0.5, 0.6) is 0 Å². The number of aromatic amines is 1. The van der Waals surface area contributed by atoms with Crippen LogP contribution in [-0.2, 0) is 4.74 Å². The van der Waals surface area contributed by atoms with Gasteiger partial charge in [-0.1, -0.05) is 36.4 Å². The van der Waals surface area contributed by atoms with Crippen molar-refractivity contribution in [1.29, 1.82) is 0 Å². The predicted molar refractivity (Wildman–Crippen MR) is 71.8 cm³/mol. The Morgan fingerprint density at radius 3 is 2.78 bits per heavy atom. The van der Waals surface area contributed by atoms with Gasteiger partial charge < -0.3 is 9.72 Å². The highest BCUT2D eigenvalue weighted by Crippen LogP contribution is 2.28. The van der Waals surface area contributed by atoms with Crippen molar-refractivity contribution in [3.8, 4) is 0 Å². The van der Waals surface area contributed by atoms with Crippen LogP contribution in [0, 0.1) is 0 Å². The van der Waals surface area contributed by atoms with Crippen LogP contribution in [0.15, 0.2) is 42.6 Å². The molecule has 0 aliphatic rings. The summed E-state index contributed by atoms with van der Waals surface area (Å²) >= 11 is 0. The first-order valence-corrected chi connectivity index (χ1v) is 5.97. The van der Waals surface area contributed by atoms with Crippen LogP contribution in [0.25, 0.3) is 21.5 Å². The van der Waals surface area contributed by atoms with E-state index in [1.165, 1.54) is 0 Å². The SMILES string of the molecule is CCOC(=O)c1[nH]cc2ccc3ccccc3c12. The zero-order valence-corrected chi connectivity index (χ0v) is 10.1. The number of H-pyrrole nitrogens is 1. The minimum Gasteiger partial charge on any atom is -0.461 e. The quantitative estimate of drug-likeness (QED) is 0.695. The lowest BCUT2D eigenvalue weighted by Crippen LogP contribution is -2.05. The number of nitrogens with one attached hydrogen (secondary N) is 1. The number of aromatic nitrogens is 1. The van der Waals surface area contributed by atoms with Crippen molar-refractivity contribution in [2.24, 2.45) is 0 Å². The number of ether oxygens (including phenoxy) is 1. The molecule has 3 heteroatoms. The van der Waals surface area contributed by atoms with Gasteiger partial charge in [0, 0.05) is 17.0 Å². The first kappa shape index (κ1) is 10.8. The zero-order valence-electron chi connectivity index (χ0n) is 10.1. The first-order valence-electron chi connectivity index (χ1n) is 5.97. The van der Waals surface area contributed by atoms with Gasteiger partial charge in [-0.15, -0.1) is 0 Å². The summed E-state index contributed by atoms with van der Waals surface area (Å²) < 4.78 is 5.07. The molecule has 0 fully saturated rings. The van der Waals surface area contributed by atoms with Crippen LogP contribution in [0.1, 0.15) is 17.4 Å². The molecule has 3 aromatic rings. The van der Waals surface area contributed by atoms with Gasteiger partial charge in [0.05, 0.1) is 6.61 Å². The molecule has 1 N–H and O–H groups in total. The molecule has 0 radical (unpaired) electrons. The molecular weight excluding hydrogens is 226 g/mol. The molecule has 0 amide bonds.